The summed E-state index contributed by atoms with van der Waals surface area (Å²) in [4.78, 5) is 0. The van der Waals surface area contributed by atoms with Crippen LogP contribution in [0.2, 0.25) is 0 Å². The lowest BCUT2D eigenvalue weighted by atomic mass is 9.71. The van der Waals surface area contributed by atoms with Crippen molar-refractivity contribution in [2.45, 2.75) is 18.8 Å². The molecule has 0 aliphatic heterocycles. The van der Waals surface area contributed by atoms with E-state index in [4.69, 9.17) is 0 Å². The van der Waals surface area contributed by atoms with Gasteiger partial charge in [-0.05, 0) is 28.2 Å². The first kappa shape index (κ1) is 18.3. The third kappa shape index (κ3) is 3.92. The summed E-state index contributed by atoms with van der Waals surface area (Å²) in [5.74, 6) is 1.05. The zero-order valence-corrected chi connectivity index (χ0v) is 16.3. The SMILES string of the molecule is CC(C(c1ccccc1)c1ccccc1)C(c1ccccc1)c1ccccc1. The lowest BCUT2D eigenvalue weighted by Crippen LogP contribution is -2.20. The summed E-state index contributed by atoms with van der Waals surface area (Å²) in [6.07, 6.45) is 0. The van der Waals surface area contributed by atoms with Crippen LogP contribution in [0.3, 0.4) is 0 Å². The van der Waals surface area contributed by atoms with E-state index in [0.29, 0.717) is 17.8 Å². The van der Waals surface area contributed by atoms with Crippen molar-refractivity contribution in [2.75, 3.05) is 0 Å². The summed E-state index contributed by atoms with van der Waals surface area (Å²) in [6, 6.07) is 43.7. The van der Waals surface area contributed by atoms with Gasteiger partial charge in [0, 0.05) is 11.8 Å². The van der Waals surface area contributed by atoms with Gasteiger partial charge < -0.3 is 0 Å². The average Bonchev–Trinajstić information content (AvgIpc) is 2.77. The summed E-state index contributed by atoms with van der Waals surface area (Å²) in [7, 11) is 0. The summed E-state index contributed by atoms with van der Waals surface area (Å²) >= 11 is 0. The Morgan fingerprint density at radius 2 is 0.571 bits per heavy atom. The molecule has 0 bridgehead atoms. The Hall–Kier alpha value is -3.12. The van der Waals surface area contributed by atoms with Crippen molar-refractivity contribution in [2.24, 2.45) is 5.92 Å². The van der Waals surface area contributed by atoms with Crippen LogP contribution < -0.4 is 0 Å². The molecule has 4 rings (SSSR count). The number of hydrogen-bond donors (Lipinski definition) is 0. The maximum Gasteiger partial charge on any atom is 0.0124 e. The van der Waals surface area contributed by atoms with E-state index < -0.39 is 0 Å². The van der Waals surface area contributed by atoms with Crippen LogP contribution in [0.4, 0.5) is 0 Å². The highest BCUT2D eigenvalue weighted by Gasteiger charge is 2.30. The molecule has 0 aromatic heterocycles. The predicted molar refractivity (Wildman–Crippen MR) is 119 cm³/mol. The van der Waals surface area contributed by atoms with Gasteiger partial charge in [0.15, 0.2) is 0 Å². The maximum atomic E-state index is 2.40. The smallest absolute Gasteiger partial charge is 0.0124 e. The highest BCUT2D eigenvalue weighted by atomic mass is 14.3. The molecule has 0 amide bonds. The third-order valence-electron chi connectivity index (χ3n) is 5.69. The Labute approximate surface area is 168 Å². The molecule has 0 fully saturated rings. The zero-order chi connectivity index (χ0) is 19.2. The van der Waals surface area contributed by atoms with Gasteiger partial charge in [0.2, 0.25) is 0 Å². The minimum absolute atomic E-state index is 0.327. The van der Waals surface area contributed by atoms with Crippen LogP contribution in [0.25, 0.3) is 0 Å². The third-order valence-corrected chi connectivity index (χ3v) is 5.69. The number of hydrogen-bond acceptors (Lipinski definition) is 0. The molecule has 28 heavy (non-hydrogen) atoms. The molecule has 0 saturated carbocycles. The first-order chi connectivity index (χ1) is 13.8. The molecule has 4 aromatic rings. The molecule has 0 atom stereocenters. The standard InChI is InChI=1S/C28H26/c1-22(27(23-14-6-2-7-15-23)24-16-8-3-9-17-24)28(25-18-10-4-11-19-25)26-20-12-5-13-21-26/h2-22,27-28H,1H3. The van der Waals surface area contributed by atoms with Crippen molar-refractivity contribution in [1.29, 1.82) is 0 Å². The molecule has 0 spiro atoms. The van der Waals surface area contributed by atoms with Gasteiger partial charge >= 0.3 is 0 Å². The fraction of sp³-hybridized carbons (Fsp3) is 0.143. The maximum absolute atomic E-state index is 2.40. The van der Waals surface area contributed by atoms with Crippen molar-refractivity contribution in [3.8, 4) is 0 Å². The van der Waals surface area contributed by atoms with Gasteiger partial charge in [0.25, 0.3) is 0 Å². The molecule has 0 N–H and O–H groups in total. The van der Waals surface area contributed by atoms with E-state index in [9.17, 15) is 0 Å². The fourth-order valence-corrected chi connectivity index (χ4v) is 4.43. The van der Waals surface area contributed by atoms with Gasteiger partial charge in [-0.2, -0.15) is 0 Å². The van der Waals surface area contributed by atoms with Gasteiger partial charge in [0.05, 0.1) is 0 Å². The predicted octanol–water partition coefficient (Wildman–Crippen LogP) is 7.29. The van der Waals surface area contributed by atoms with Crippen molar-refractivity contribution in [3.05, 3.63) is 144 Å². The normalized spacial score (nSPS) is 11.3. The fourth-order valence-electron chi connectivity index (χ4n) is 4.43. The molecule has 0 aliphatic rings. The summed E-state index contributed by atoms with van der Waals surface area (Å²) in [5, 5.41) is 0. The van der Waals surface area contributed by atoms with Crippen molar-refractivity contribution in [3.63, 3.8) is 0 Å². The van der Waals surface area contributed by atoms with Gasteiger partial charge in [-0.3, -0.25) is 0 Å². The molecule has 138 valence electrons. The van der Waals surface area contributed by atoms with E-state index >= 15 is 0 Å². The monoisotopic (exact) mass is 362 g/mol. The van der Waals surface area contributed by atoms with E-state index in [2.05, 4.69) is 128 Å². The van der Waals surface area contributed by atoms with E-state index in [1.807, 2.05) is 0 Å². The molecule has 0 unspecified atom stereocenters. The van der Waals surface area contributed by atoms with Crippen LogP contribution in [0.5, 0.6) is 0 Å². The molecule has 0 nitrogen and oxygen atoms in total. The summed E-state index contributed by atoms with van der Waals surface area (Å²) in [5.41, 5.74) is 5.49. The van der Waals surface area contributed by atoms with Crippen LogP contribution in [-0.2, 0) is 0 Å². The van der Waals surface area contributed by atoms with Gasteiger partial charge in [-0.1, -0.05) is 128 Å². The highest BCUT2D eigenvalue weighted by molar-refractivity contribution is 5.39. The van der Waals surface area contributed by atoms with Gasteiger partial charge in [-0.15, -0.1) is 0 Å². The zero-order valence-electron chi connectivity index (χ0n) is 16.3. The molecule has 0 heteroatoms. The average molecular weight is 363 g/mol. The topological polar surface area (TPSA) is 0 Å². The van der Waals surface area contributed by atoms with Crippen LogP contribution in [0.15, 0.2) is 121 Å². The Morgan fingerprint density at radius 1 is 0.357 bits per heavy atom. The summed E-state index contributed by atoms with van der Waals surface area (Å²) < 4.78 is 0. The second-order valence-electron chi connectivity index (χ2n) is 7.46. The Kier molecular flexibility index (Phi) is 5.68. The highest BCUT2D eigenvalue weighted by Crippen LogP contribution is 2.43. The Balaban J connectivity index is 1.84. The lowest BCUT2D eigenvalue weighted by molar-refractivity contribution is 0.456. The Morgan fingerprint density at radius 3 is 0.786 bits per heavy atom. The largest absolute Gasteiger partial charge is 0.0622 e. The first-order valence-electron chi connectivity index (χ1n) is 10.0. The van der Waals surface area contributed by atoms with Crippen LogP contribution >= 0.6 is 0 Å². The van der Waals surface area contributed by atoms with Crippen LogP contribution in [-0.4, -0.2) is 0 Å². The van der Waals surface area contributed by atoms with Crippen molar-refractivity contribution in [1.82, 2.24) is 0 Å². The molecule has 0 aliphatic carbocycles. The second-order valence-corrected chi connectivity index (χ2v) is 7.46. The van der Waals surface area contributed by atoms with E-state index in [1.54, 1.807) is 0 Å². The molecular formula is C28H26. The molecule has 0 heterocycles. The number of benzene rings is 4. The van der Waals surface area contributed by atoms with Crippen molar-refractivity contribution < 1.29 is 0 Å². The van der Waals surface area contributed by atoms with E-state index in [1.165, 1.54) is 22.3 Å². The van der Waals surface area contributed by atoms with Gasteiger partial charge in [-0.25, -0.2) is 0 Å². The first-order valence-corrected chi connectivity index (χ1v) is 10.0. The minimum atomic E-state index is 0.327. The summed E-state index contributed by atoms with van der Waals surface area (Å²) in [6.45, 7) is 2.40. The lowest BCUT2D eigenvalue weighted by Gasteiger charge is -2.33. The van der Waals surface area contributed by atoms with E-state index in [0.717, 1.165) is 0 Å². The van der Waals surface area contributed by atoms with Crippen LogP contribution in [0, 0.1) is 5.92 Å². The minimum Gasteiger partial charge on any atom is -0.0622 e. The van der Waals surface area contributed by atoms with Gasteiger partial charge in [0.1, 0.15) is 0 Å². The van der Waals surface area contributed by atoms with E-state index in [-0.39, 0.29) is 0 Å². The molecular weight excluding hydrogens is 336 g/mol. The molecule has 0 saturated heterocycles. The number of rotatable bonds is 6. The quantitative estimate of drug-likeness (QED) is 0.338. The second kappa shape index (κ2) is 8.71. The van der Waals surface area contributed by atoms with Crippen molar-refractivity contribution >= 4 is 0 Å². The van der Waals surface area contributed by atoms with Crippen LogP contribution in [0.1, 0.15) is 41.0 Å². The molecule has 0 radical (unpaired) electrons. The molecule has 4 aromatic carbocycles. The Bertz CT molecular complexity index is 797.